The first kappa shape index (κ1) is 28.3. The number of sulfonamides is 1. The average Bonchev–Trinajstić information content (AvgIpc) is 3.21. The molecule has 0 radical (unpaired) electrons. The smallest absolute Gasteiger partial charge is 0.433 e. The van der Waals surface area contributed by atoms with Crippen molar-refractivity contribution in [1.29, 1.82) is 5.26 Å². The van der Waals surface area contributed by atoms with E-state index in [1.54, 1.807) is 0 Å². The van der Waals surface area contributed by atoms with Gasteiger partial charge in [0.15, 0.2) is 0 Å². The lowest BCUT2D eigenvalue weighted by atomic mass is 10.1. The summed E-state index contributed by atoms with van der Waals surface area (Å²) in [6.07, 6.45) is -8.06. The molecule has 0 bridgehead atoms. The first-order chi connectivity index (χ1) is 16.1. The van der Waals surface area contributed by atoms with E-state index in [1.807, 2.05) is 0 Å². The maximum atomic E-state index is 12.7. The van der Waals surface area contributed by atoms with Crippen LogP contribution in [0.25, 0.3) is 0 Å². The molecule has 1 fully saturated rings. The number of aliphatic hydroxyl groups is 2. The zero-order valence-corrected chi connectivity index (χ0v) is 18.7. The van der Waals surface area contributed by atoms with Crippen LogP contribution in [0.2, 0.25) is 0 Å². The molecule has 1 aliphatic rings. The predicted octanol–water partition coefficient (Wildman–Crippen LogP) is 2.80. The third-order valence-corrected chi connectivity index (χ3v) is 6.80. The largest absolute Gasteiger partial charge is 0.495 e. The molecule has 1 unspecified atom stereocenters. The molecule has 1 atom stereocenters. The number of hydrogen-bond donors (Lipinski definition) is 2. The molecule has 1 aliphatic heterocycles. The minimum atomic E-state index is -4.70. The summed E-state index contributed by atoms with van der Waals surface area (Å²) in [5, 5.41) is 27.9. The second kappa shape index (κ2) is 10.4. The number of hydrogen-bond acceptors (Lipinski definition) is 7. The molecule has 3 rings (SSSR count). The molecule has 0 spiro atoms. The van der Waals surface area contributed by atoms with Gasteiger partial charge in [-0.25, -0.2) is 13.4 Å². The van der Waals surface area contributed by atoms with Gasteiger partial charge in [-0.15, -0.1) is 0 Å². The van der Waals surface area contributed by atoms with Gasteiger partial charge in [0.25, 0.3) is 0 Å². The highest BCUT2D eigenvalue weighted by Gasteiger charge is 2.42. The van der Waals surface area contributed by atoms with Crippen molar-refractivity contribution in [2.75, 3.05) is 26.8 Å². The lowest BCUT2D eigenvalue weighted by Crippen LogP contribution is -2.39. The summed E-state index contributed by atoms with van der Waals surface area (Å²) in [6.45, 7) is -1.14. The van der Waals surface area contributed by atoms with Crippen LogP contribution in [-0.4, -0.2) is 60.3 Å². The second-order valence-corrected chi connectivity index (χ2v) is 9.28. The van der Waals surface area contributed by atoms with E-state index in [2.05, 4.69) is 9.72 Å². The highest BCUT2D eigenvalue weighted by atomic mass is 32.2. The fourth-order valence-electron chi connectivity index (χ4n) is 2.98. The third-order valence-electron chi connectivity index (χ3n) is 4.90. The van der Waals surface area contributed by atoms with E-state index < -0.39 is 62.8 Å². The van der Waals surface area contributed by atoms with E-state index in [4.69, 9.17) is 10.4 Å². The monoisotopic (exact) mass is 527 g/mol. The van der Waals surface area contributed by atoms with Crippen molar-refractivity contribution in [3.8, 4) is 11.8 Å². The Morgan fingerprint density at radius 1 is 1.17 bits per heavy atom. The number of rotatable bonds is 4. The summed E-state index contributed by atoms with van der Waals surface area (Å²) >= 11 is 0. The number of pyridine rings is 1. The van der Waals surface area contributed by atoms with Gasteiger partial charge in [-0.05, 0) is 36.8 Å². The van der Waals surface area contributed by atoms with Crippen molar-refractivity contribution in [2.24, 2.45) is 0 Å². The normalized spacial score (nSPS) is 19.0. The molecule has 1 saturated heterocycles. The predicted molar refractivity (Wildman–Crippen MR) is 107 cm³/mol. The van der Waals surface area contributed by atoms with Crippen LogP contribution in [0.4, 0.5) is 26.3 Å². The number of alkyl halides is 6. The Hall–Kier alpha value is -2.93. The summed E-state index contributed by atoms with van der Waals surface area (Å²) < 4.78 is 104. The quantitative estimate of drug-likeness (QED) is 0.586. The molecule has 1 aromatic heterocycles. The minimum absolute atomic E-state index is 0.00868. The van der Waals surface area contributed by atoms with E-state index >= 15 is 0 Å². The number of β-amino-alcohol motifs (C(OH)–C–C–N with tert-alkyl or cyclic N) is 1. The second-order valence-electron chi connectivity index (χ2n) is 7.37. The number of nitriles is 1. The summed E-state index contributed by atoms with van der Waals surface area (Å²) in [5.41, 5.74) is -4.25. The first-order valence-corrected chi connectivity index (χ1v) is 11.0. The number of halogens is 6. The fraction of sp³-hybridized carbons (Fsp3) is 0.400. The van der Waals surface area contributed by atoms with Crippen molar-refractivity contribution in [2.45, 2.75) is 29.3 Å². The van der Waals surface area contributed by atoms with E-state index in [-0.39, 0.29) is 13.0 Å². The lowest BCUT2D eigenvalue weighted by Gasteiger charge is -2.21. The molecule has 0 saturated carbocycles. The van der Waals surface area contributed by atoms with E-state index in [1.165, 1.54) is 19.2 Å². The zero-order valence-electron chi connectivity index (χ0n) is 17.9. The number of methoxy groups -OCH3 is 1. The summed E-state index contributed by atoms with van der Waals surface area (Å²) in [6, 6.07) is 5.33. The molecule has 0 aliphatic carbocycles. The molecular formula is C20H19F6N3O5S. The topological polar surface area (TPSA) is 124 Å². The van der Waals surface area contributed by atoms with Crippen molar-refractivity contribution in [3.63, 3.8) is 0 Å². The van der Waals surface area contributed by atoms with Crippen molar-refractivity contribution < 1.29 is 49.7 Å². The standard InChI is InChI=1S/C13H13F3N2O4S.C7H6F3NO/c14-13(15,16)10-1-2-11(9(5-10)6-17)23(21,22)18-4-3-12(20,7-18)8-19;1-12-5-2-3-6(11-4-5)7(8,9)10/h1-2,5,19-20H,3-4,7-8H2;2-4H,1H3. The van der Waals surface area contributed by atoms with E-state index in [0.29, 0.717) is 17.9 Å². The van der Waals surface area contributed by atoms with Gasteiger partial charge in [-0.1, -0.05) is 0 Å². The minimum Gasteiger partial charge on any atom is -0.495 e. The van der Waals surface area contributed by atoms with Gasteiger partial charge in [0.2, 0.25) is 10.0 Å². The van der Waals surface area contributed by atoms with Crippen LogP contribution >= 0.6 is 0 Å². The van der Waals surface area contributed by atoms with Crippen LogP contribution in [0.15, 0.2) is 41.4 Å². The van der Waals surface area contributed by atoms with Crippen LogP contribution in [0.3, 0.4) is 0 Å². The van der Waals surface area contributed by atoms with Crippen LogP contribution in [0.5, 0.6) is 5.75 Å². The number of benzene rings is 1. The van der Waals surface area contributed by atoms with Crippen molar-refractivity contribution in [1.82, 2.24) is 9.29 Å². The molecule has 2 heterocycles. The fourth-order valence-corrected chi connectivity index (χ4v) is 4.62. The zero-order chi connectivity index (χ0) is 26.7. The molecule has 2 aromatic rings. The molecule has 8 nitrogen and oxygen atoms in total. The number of aromatic nitrogens is 1. The lowest BCUT2D eigenvalue weighted by molar-refractivity contribution is -0.141. The van der Waals surface area contributed by atoms with Crippen molar-refractivity contribution >= 4 is 10.0 Å². The molecule has 192 valence electrons. The van der Waals surface area contributed by atoms with Crippen LogP contribution in [0, 0.1) is 11.3 Å². The Balaban J connectivity index is 0.000000303. The molecular weight excluding hydrogens is 508 g/mol. The average molecular weight is 527 g/mol. The molecule has 35 heavy (non-hydrogen) atoms. The van der Waals surface area contributed by atoms with Gasteiger partial charge in [0.05, 0.1) is 35.9 Å². The summed E-state index contributed by atoms with van der Waals surface area (Å²) in [4.78, 5) is 2.61. The summed E-state index contributed by atoms with van der Waals surface area (Å²) in [5.74, 6) is 0.308. The van der Waals surface area contributed by atoms with Gasteiger partial charge in [-0.3, -0.25) is 0 Å². The van der Waals surface area contributed by atoms with Crippen LogP contribution in [0.1, 0.15) is 23.2 Å². The SMILES string of the molecule is COc1ccc(C(F)(F)F)nc1.N#Cc1cc(C(F)(F)F)ccc1S(=O)(=O)N1CCC(O)(CO)C1. The first-order valence-electron chi connectivity index (χ1n) is 9.59. The maximum Gasteiger partial charge on any atom is 0.433 e. The van der Waals surface area contributed by atoms with Gasteiger partial charge < -0.3 is 14.9 Å². The van der Waals surface area contributed by atoms with E-state index in [0.717, 1.165) is 22.6 Å². The van der Waals surface area contributed by atoms with Crippen molar-refractivity contribution in [3.05, 3.63) is 53.3 Å². The summed E-state index contributed by atoms with van der Waals surface area (Å²) in [7, 11) is -2.89. The highest BCUT2D eigenvalue weighted by molar-refractivity contribution is 7.89. The molecule has 1 aromatic carbocycles. The maximum absolute atomic E-state index is 12.7. The molecule has 2 N–H and O–H groups in total. The Morgan fingerprint density at radius 3 is 2.26 bits per heavy atom. The van der Waals surface area contributed by atoms with Crippen LogP contribution < -0.4 is 4.74 Å². The third kappa shape index (κ3) is 6.82. The number of aliphatic hydroxyl groups excluding tert-OH is 1. The highest BCUT2D eigenvalue weighted by Crippen LogP contribution is 2.34. The number of nitrogens with zero attached hydrogens (tertiary/aromatic N) is 3. The Kier molecular flexibility index (Phi) is 8.38. The van der Waals surface area contributed by atoms with Gasteiger partial charge in [0.1, 0.15) is 23.1 Å². The van der Waals surface area contributed by atoms with E-state index in [9.17, 15) is 39.9 Å². The van der Waals surface area contributed by atoms with Crippen LogP contribution in [-0.2, 0) is 22.4 Å². The van der Waals surface area contributed by atoms with Gasteiger partial charge >= 0.3 is 12.4 Å². The van der Waals surface area contributed by atoms with Gasteiger partial charge in [0, 0.05) is 13.1 Å². The molecule has 15 heteroatoms. The molecule has 0 amide bonds. The Bertz CT molecular complexity index is 1180. The van der Waals surface area contributed by atoms with Gasteiger partial charge in [-0.2, -0.15) is 35.9 Å². The Morgan fingerprint density at radius 2 is 1.83 bits per heavy atom. The number of ether oxygens (including phenoxy) is 1. The Labute approximate surface area is 196 Å².